The largest absolute Gasteiger partial charge is 0.496 e. The van der Waals surface area contributed by atoms with Crippen LogP contribution in [0.4, 0.5) is 0 Å². The van der Waals surface area contributed by atoms with Gasteiger partial charge in [0.1, 0.15) is 5.75 Å². The molecule has 0 atom stereocenters. The Bertz CT molecular complexity index is 413. The van der Waals surface area contributed by atoms with Crippen LogP contribution in [0.5, 0.6) is 5.75 Å². The Morgan fingerprint density at radius 3 is 2.53 bits per heavy atom. The quantitative estimate of drug-likeness (QED) is 0.745. The number of nitrogens with one attached hydrogen (secondary N) is 1. The SMILES string of the molecule is COc1c(C)cc(C)cc1C(C)(C)CNCCCO. The third-order valence-corrected chi connectivity index (χ3v) is 3.43. The molecule has 0 amide bonds. The molecular formula is C16H27NO2. The lowest BCUT2D eigenvalue weighted by Crippen LogP contribution is -2.34. The molecule has 1 aromatic rings. The van der Waals surface area contributed by atoms with Gasteiger partial charge in [-0.15, -0.1) is 0 Å². The van der Waals surface area contributed by atoms with E-state index >= 15 is 0 Å². The smallest absolute Gasteiger partial charge is 0.125 e. The summed E-state index contributed by atoms with van der Waals surface area (Å²) < 4.78 is 5.58. The van der Waals surface area contributed by atoms with Crippen LogP contribution in [0.15, 0.2) is 12.1 Å². The maximum atomic E-state index is 8.81. The van der Waals surface area contributed by atoms with Crippen LogP contribution in [-0.4, -0.2) is 31.9 Å². The van der Waals surface area contributed by atoms with E-state index in [1.807, 2.05) is 0 Å². The number of methoxy groups -OCH3 is 1. The summed E-state index contributed by atoms with van der Waals surface area (Å²) in [4.78, 5) is 0. The summed E-state index contributed by atoms with van der Waals surface area (Å²) >= 11 is 0. The number of aliphatic hydroxyl groups excluding tert-OH is 1. The van der Waals surface area contributed by atoms with E-state index in [1.54, 1.807) is 7.11 Å². The van der Waals surface area contributed by atoms with Crippen molar-refractivity contribution in [3.63, 3.8) is 0 Å². The lowest BCUT2D eigenvalue weighted by Gasteiger charge is -2.29. The van der Waals surface area contributed by atoms with E-state index in [-0.39, 0.29) is 12.0 Å². The van der Waals surface area contributed by atoms with Gasteiger partial charge >= 0.3 is 0 Å². The lowest BCUT2D eigenvalue weighted by atomic mass is 9.82. The number of benzene rings is 1. The minimum absolute atomic E-state index is 0.00240. The highest BCUT2D eigenvalue weighted by Crippen LogP contribution is 2.34. The van der Waals surface area contributed by atoms with E-state index in [4.69, 9.17) is 9.84 Å². The summed E-state index contributed by atoms with van der Waals surface area (Å²) in [5.74, 6) is 0.986. The van der Waals surface area contributed by atoms with Gasteiger partial charge in [-0.25, -0.2) is 0 Å². The predicted molar refractivity (Wildman–Crippen MR) is 80.1 cm³/mol. The average molecular weight is 265 g/mol. The van der Waals surface area contributed by atoms with Gasteiger partial charge in [-0.1, -0.05) is 31.5 Å². The number of aliphatic hydroxyl groups is 1. The molecule has 0 aromatic heterocycles. The highest BCUT2D eigenvalue weighted by atomic mass is 16.5. The summed E-state index contributed by atoms with van der Waals surface area (Å²) in [6, 6.07) is 4.36. The zero-order valence-corrected chi connectivity index (χ0v) is 12.8. The normalized spacial score (nSPS) is 11.7. The van der Waals surface area contributed by atoms with Crippen LogP contribution in [0.25, 0.3) is 0 Å². The van der Waals surface area contributed by atoms with Crippen molar-refractivity contribution >= 4 is 0 Å². The second-order valence-corrected chi connectivity index (χ2v) is 5.80. The molecule has 1 aromatic carbocycles. The molecule has 3 nitrogen and oxygen atoms in total. The summed E-state index contributed by atoms with van der Waals surface area (Å²) in [5.41, 5.74) is 3.68. The zero-order valence-electron chi connectivity index (χ0n) is 12.8. The van der Waals surface area contributed by atoms with E-state index in [0.29, 0.717) is 0 Å². The second kappa shape index (κ2) is 6.92. The Morgan fingerprint density at radius 1 is 1.26 bits per heavy atom. The van der Waals surface area contributed by atoms with E-state index in [9.17, 15) is 0 Å². The van der Waals surface area contributed by atoms with Gasteiger partial charge in [0.15, 0.2) is 0 Å². The first-order valence-corrected chi connectivity index (χ1v) is 6.89. The fourth-order valence-corrected chi connectivity index (χ4v) is 2.43. The highest BCUT2D eigenvalue weighted by Gasteiger charge is 2.25. The van der Waals surface area contributed by atoms with Crippen molar-refractivity contribution < 1.29 is 9.84 Å². The number of aryl methyl sites for hydroxylation is 2. The molecular weight excluding hydrogens is 238 g/mol. The Hall–Kier alpha value is -1.06. The predicted octanol–water partition coefficient (Wildman–Crippen LogP) is 2.56. The van der Waals surface area contributed by atoms with Crippen LogP contribution in [-0.2, 0) is 5.41 Å². The first-order valence-electron chi connectivity index (χ1n) is 6.89. The van der Waals surface area contributed by atoms with Crippen LogP contribution in [0.3, 0.4) is 0 Å². The van der Waals surface area contributed by atoms with Crippen LogP contribution >= 0.6 is 0 Å². The van der Waals surface area contributed by atoms with Crippen molar-refractivity contribution in [3.8, 4) is 5.75 Å². The van der Waals surface area contributed by atoms with Gasteiger partial charge in [0.05, 0.1) is 7.11 Å². The highest BCUT2D eigenvalue weighted by molar-refractivity contribution is 5.47. The minimum atomic E-state index is -0.00240. The molecule has 2 N–H and O–H groups in total. The number of rotatable bonds is 7. The molecule has 0 aliphatic carbocycles. The van der Waals surface area contributed by atoms with Crippen LogP contribution in [0.1, 0.15) is 37.0 Å². The van der Waals surface area contributed by atoms with E-state index < -0.39 is 0 Å². The molecule has 0 radical (unpaired) electrons. The van der Waals surface area contributed by atoms with E-state index in [1.165, 1.54) is 16.7 Å². The fourth-order valence-electron chi connectivity index (χ4n) is 2.43. The van der Waals surface area contributed by atoms with Gasteiger partial charge in [-0.05, 0) is 32.4 Å². The maximum Gasteiger partial charge on any atom is 0.125 e. The van der Waals surface area contributed by atoms with Crippen molar-refractivity contribution in [2.75, 3.05) is 26.8 Å². The molecule has 0 saturated heterocycles. The van der Waals surface area contributed by atoms with Crippen LogP contribution < -0.4 is 10.1 Å². The number of ether oxygens (including phenoxy) is 1. The molecule has 19 heavy (non-hydrogen) atoms. The number of hydrogen-bond donors (Lipinski definition) is 2. The molecule has 0 aliphatic rings. The van der Waals surface area contributed by atoms with Crippen molar-refractivity contribution in [2.24, 2.45) is 0 Å². The monoisotopic (exact) mass is 265 g/mol. The fraction of sp³-hybridized carbons (Fsp3) is 0.625. The van der Waals surface area contributed by atoms with Gasteiger partial charge < -0.3 is 15.2 Å². The molecule has 0 bridgehead atoms. The van der Waals surface area contributed by atoms with Gasteiger partial charge in [0.2, 0.25) is 0 Å². The summed E-state index contributed by atoms with van der Waals surface area (Å²) in [6.45, 7) is 10.6. The third-order valence-electron chi connectivity index (χ3n) is 3.43. The van der Waals surface area contributed by atoms with Crippen molar-refractivity contribution in [3.05, 3.63) is 28.8 Å². The summed E-state index contributed by atoms with van der Waals surface area (Å²) in [5, 5.41) is 12.2. The molecule has 108 valence electrons. The molecule has 0 heterocycles. The molecule has 0 unspecified atom stereocenters. The molecule has 0 saturated carbocycles. The van der Waals surface area contributed by atoms with Crippen molar-refractivity contribution in [1.82, 2.24) is 5.32 Å². The Morgan fingerprint density at radius 2 is 1.95 bits per heavy atom. The summed E-state index contributed by atoms with van der Waals surface area (Å²) in [7, 11) is 1.73. The Labute approximate surface area is 117 Å². The second-order valence-electron chi connectivity index (χ2n) is 5.80. The van der Waals surface area contributed by atoms with Gasteiger partial charge in [0, 0.05) is 24.1 Å². The van der Waals surface area contributed by atoms with Crippen LogP contribution in [0, 0.1) is 13.8 Å². The van der Waals surface area contributed by atoms with Gasteiger partial charge in [-0.3, -0.25) is 0 Å². The topological polar surface area (TPSA) is 41.5 Å². The van der Waals surface area contributed by atoms with Crippen molar-refractivity contribution in [2.45, 2.75) is 39.5 Å². The minimum Gasteiger partial charge on any atom is -0.496 e. The van der Waals surface area contributed by atoms with Crippen LogP contribution in [0.2, 0.25) is 0 Å². The molecule has 1 rings (SSSR count). The average Bonchev–Trinajstić information content (AvgIpc) is 2.34. The Kier molecular flexibility index (Phi) is 5.83. The zero-order chi connectivity index (χ0) is 14.5. The molecule has 0 spiro atoms. The first kappa shape index (κ1) is 16.0. The van der Waals surface area contributed by atoms with Gasteiger partial charge in [-0.2, -0.15) is 0 Å². The maximum absolute atomic E-state index is 8.81. The molecule has 0 fully saturated rings. The summed E-state index contributed by atoms with van der Waals surface area (Å²) in [6.07, 6.45) is 0.792. The standard InChI is InChI=1S/C16H27NO2/c1-12-9-13(2)15(19-5)14(10-12)16(3,4)11-17-7-6-8-18/h9-10,17-18H,6-8,11H2,1-5H3. The van der Waals surface area contributed by atoms with Gasteiger partial charge in [0.25, 0.3) is 0 Å². The molecule has 0 aliphatic heterocycles. The van der Waals surface area contributed by atoms with Crippen molar-refractivity contribution in [1.29, 1.82) is 0 Å². The molecule has 3 heteroatoms. The lowest BCUT2D eigenvalue weighted by molar-refractivity contribution is 0.283. The first-order chi connectivity index (χ1) is 8.92. The Balaban J connectivity index is 2.93. The third kappa shape index (κ3) is 4.22. The van der Waals surface area contributed by atoms with E-state index in [2.05, 4.69) is 45.1 Å². The number of hydrogen-bond acceptors (Lipinski definition) is 3. The van der Waals surface area contributed by atoms with E-state index in [0.717, 1.165) is 25.3 Å².